The van der Waals surface area contributed by atoms with Crippen molar-refractivity contribution < 1.29 is 9.32 Å². The Balaban J connectivity index is 1.56. The van der Waals surface area contributed by atoms with Crippen LogP contribution in [-0.2, 0) is 11.2 Å². The van der Waals surface area contributed by atoms with Crippen LogP contribution in [0.4, 0.5) is 5.95 Å². The SMILES string of the molecule is O=C(CCc1nc(-c2ccccn2)no1)Nc1ncn[nH]1. The molecular formula is C12H11N7O2. The molecule has 3 aromatic rings. The molecule has 3 heterocycles. The Morgan fingerprint density at radius 3 is 3.05 bits per heavy atom. The number of aromatic amines is 1. The van der Waals surface area contributed by atoms with E-state index in [9.17, 15) is 4.79 Å². The number of pyridine rings is 1. The molecular weight excluding hydrogens is 274 g/mol. The van der Waals surface area contributed by atoms with Gasteiger partial charge in [-0.15, -0.1) is 0 Å². The van der Waals surface area contributed by atoms with Crippen molar-refractivity contribution in [2.75, 3.05) is 5.32 Å². The molecule has 3 aromatic heterocycles. The van der Waals surface area contributed by atoms with Gasteiger partial charge in [-0.1, -0.05) is 11.2 Å². The van der Waals surface area contributed by atoms with Gasteiger partial charge in [0, 0.05) is 19.0 Å². The lowest BCUT2D eigenvalue weighted by molar-refractivity contribution is -0.116. The summed E-state index contributed by atoms with van der Waals surface area (Å²) in [6.07, 6.45) is 3.49. The number of rotatable bonds is 5. The van der Waals surface area contributed by atoms with Gasteiger partial charge >= 0.3 is 0 Å². The van der Waals surface area contributed by atoms with Gasteiger partial charge in [-0.3, -0.25) is 15.1 Å². The minimum absolute atomic E-state index is 0.199. The third kappa shape index (κ3) is 3.26. The number of nitrogens with zero attached hydrogens (tertiary/aromatic N) is 5. The normalized spacial score (nSPS) is 10.5. The average Bonchev–Trinajstić information content (AvgIpc) is 3.17. The highest BCUT2D eigenvalue weighted by Gasteiger charge is 2.11. The van der Waals surface area contributed by atoms with Crippen molar-refractivity contribution >= 4 is 11.9 Å². The number of hydrogen-bond donors (Lipinski definition) is 2. The number of carbonyl (C=O) groups is 1. The van der Waals surface area contributed by atoms with E-state index in [-0.39, 0.29) is 12.3 Å². The van der Waals surface area contributed by atoms with Gasteiger partial charge in [-0.2, -0.15) is 15.1 Å². The Bertz CT molecular complexity index is 708. The molecule has 106 valence electrons. The summed E-state index contributed by atoms with van der Waals surface area (Å²) in [4.78, 5) is 23.8. The van der Waals surface area contributed by atoms with Crippen LogP contribution in [0.5, 0.6) is 0 Å². The lowest BCUT2D eigenvalue weighted by Gasteiger charge is -1.98. The Labute approximate surface area is 118 Å². The Hall–Kier alpha value is -3.10. The quantitative estimate of drug-likeness (QED) is 0.711. The summed E-state index contributed by atoms with van der Waals surface area (Å²) in [6.45, 7) is 0. The molecule has 2 N–H and O–H groups in total. The molecule has 0 saturated carbocycles. The van der Waals surface area contributed by atoms with Crippen molar-refractivity contribution in [2.45, 2.75) is 12.8 Å². The molecule has 0 fully saturated rings. The van der Waals surface area contributed by atoms with Gasteiger partial charge in [0.15, 0.2) is 0 Å². The summed E-state index contributed by atoms with van der Waals surface area (Å²) in [6, 6.07) is 5.42. The average molecular weight is 285 g/mol. The van der Waals surface area contributed by atoms with E-state index in [4.69, 9.17) is 4.52 Å². The van der Waals surface area contributed by atoms with Crippen LogP contribution in [0.2, 0.25) is 0 Å². The van der Waals surface area contributed by atoms with Crippen LogP contribution in [-0.4, -0.2) is 36.2 Å². The van der Waals surface area contributed by atoms with E-state index in [1.54, 1.807) is 18.3 Å². The summed E-state index contributed by atoms with van der Waals surface area (Å²) in [5.74, 6) is 0.869. The summed E-state index contributed by atoms with van der Waals surface area (Å²) in [7, 11) is 0. The second-order valence-corrected chi connectivity index (χ2v) is 4.11. The van der Waals surface area contributed by atoms with Crippen LogP contribution in [0.3, 0.4) is 0 Å². The highest BCUT2D eigenvalue weighted by atomic mass is 16.5. The third-order valence-electron chi connectivity index (χ3n) is 2.60. The minimum atomic E-state index is -0.218. The van der Waals surface area contributed by atoms with E-state index in [2.05, 4.69) is 35.6 Å². The van der Waals surface area contributed by atoms with E-state index in [0.717, 1.165) is 0 Å². The largest absolute Gasteiger partial charge is 0.339 e. The summed E-state index contributed by atoms with van der Waals surface area (Å²) in [5, 5.41) is 12.6. The zero-order valence-corrected chi connectivity index (χ0v) is 10.9. The molecule has 0 aliphatic carbocycles. The van der Waals surface area contributed by atoms with Crippen molar-refractivity contribution in [1.29, 1.82) is 0 Å². The molecule has 0 aromatic carbocycles. The van der Waals surface area contributed by atoms with Gasteiger partial charge < -0.3 is 4.52 Å². The molecule has 0 saturated heterocycles. The number of amides is 1. The van der Waals surface area contributed by atoms with E-state index >= 15 is 0 Å². The molecule has 9 heteroatoms. The molecule has 0 spiro atoms. The highest BCUT2D eigenvalue weighted by molar-refractivity contribution is 5.88. The number of nitrogens with one attached hydrogen (secondary N) is 2. The van der Waals surface area contributed by atoms with Crippen molar-refractivity contribution in [3.05, 3.63) is 36.6 Å². The molecule has 0 atom stereocenters. The number of anilines is 1. The fourth-order valence-electron chi connectivity index (χ4n) is 1.64. The molecule has 0 aliphatic rings. The first-order valence-electron chi connectivity index (χ1n) is 6.20. The lowest BCUT2D eigenvalue weighted by Crippen LogP contribution is -2.13. The van der Waals surface area contributed by atoms with Crippen LogP contribution in [0.15, 0.2) is 35.2 Å². The molecule has 21 heavy (non-hydrogen) atoms. The van der Waals surface area contributed by atoms with Gasteiger partial charge in [-0.05, 0) is 12.1 Å². The van der Waals surface area contributed by atoms with E-state index in [1.165, 1.54) is 6.33 Å². The van der Waals surface area contributed by atoms with Crippen LogP contribution in [0.25, 0.3) is 11.5 Å². The van der Waals surface area contributed by atoms with Gasteiger partial charge in [0.05, 0.1) is 0 Å². The zero-order chi connectivity index (χ0) is 14.5. The monoisotopic (exact) mass is 285 g/mol. The predicted octanol–water partition coefficient (Wildman–Crippen LogP) is 0.821. The topological polar surface area (TPSA) is 122 Å². The van der Waals surface area contributed by atoms with E-state index in [0.29, 0.717) is 29.8 Å². The van der Waals surface area contributed by atoms with Crippen LogP contribution < -0.4 is 5.32 Å². The Kier molecular flexibility index (Phi) is 3.63. The zero-order valence-electron chi connectivity index (χ0n) is 10.9. The maximum Gasteiger partial charge on any atom is 0.227 e. The van der Waals surface area contributed by atoms with E-state index in [1.807, 2.05) is 6.07 Å². The Morgan fingerprint density at radius 1 is 1.33 bits per heavy atom. The van der Waals surface area contributed by atoms with Gasteiger partial charge in [0.2, 0.25) is 23.6 Å². The summed E-state index contributed by atoms with van der Waals surface area (Å²) in [5.41, 5.74) is 0.624. The second kappa shape index (κ2) is 5.90. The molecule has 0 unspecified atom stereocenters. The maximum absolute atomic E-state index is 11.7. The third-order valence-corrected chi connectivity index (χ3v) is 2.60. The van der Waals surface area contributed by atoms with E-state index < -0.39 is 0 Å². The molecule has 1 amide bonds. The fourth-order valence-corrected chi connectivity index (χ4v) is 1.64. The van der Waals surface area contributed by atoms with Crippen LogP contribution >= 0.6 is 0 Å². The smallest absolute Gasteiger partial charge is 0.227 e. The lowest BCUT2D eigenvalue weighted by atomic mass is 10.3. The number of H-pyrrole nitrogens is 1. The fraction of sp³-hybridized carbons (Fsp3) is 0.167. The van der Waals surface area contributed by atoms with Gasteiger partial charge in [0.25, 0.3) is 0 Å². The standard InChI is InChI=1S/C12H11N7O2/c20-9(16-12-14-7-15-18-12)4-5-10-17-11(19-21-10)8-3-1-2-6-13-8/h1-3,6-7H,4-5H2,(H2,14,15,16,18,20). The second-order valence-electron chi connectivity index (χ2n) is 4.11. The van der Waals surface area contributed by atoms with Crippen LogP contribution in [0.1, 0.15) is 12.3 Å². The first-order chi connectivity index (χ1) is 10.3. The van der Waals surface area contributed by atoms with Crippen LogP contribution in [0, 0.1) is 0 Å². The van der Waals surface area contributed by atoms with Crippen molar-refractivity contribution in [2.24, 2.45) is 0 Å². The van der Waals surface area contributed by atoms with Gasteiger partial charge in [0.1, 0.15) is 12.0 Å². The summed E-state index contributed by atoms with van der Waals surface area (Å²) >= 11 is 0. The molecule has 0 aliphatic heterocycles. The molecule has 0 bridgehead atoms. The Morgan fingerprint density at radius 2 is 2.29 bits per heavy atom. The predicted molar refractivity (Wildman–Crippen MR) is 70.9 cm³/mol. The summed E-state index contributed by atoms with van der Waals surface area (Å²) < 4.78 is 5.09. The number of hydrogen-bond acceptors (Lipinski definition) is 7. The van der Waals surface area contributed by atoms with Crippen molar-refractivity contribution in [1.82, 2.24) is 30.3 Å². The van der Waals surface area contributed by atoms with Gasteiger partial charge in [-0.25, -0.2) is 5.10 Å². The maximum atomic E-state index is 11.7. The highest BCUT2D eigenvalue weighted by Crippen LogP contribution is 2.12. The number of carbonyl (C=O) groups excluding carboxylic acids is 1. The molecule has 9 nitrogen and oxygen atoms in total. The molecule has 0 radical (unpaired) electrons. The van der Waals surface area contributed by atoms with Crippen molar-refractivity contribution in [3.8, 4) is 11.5 Å². The number of aryl methyl sites for hydroxylation is 1. The minimum Gasteiger partial charge on any atom is -0.339 e. The first kappa shape index (κ1) is 12.9. The molecule has 3 rings (SSSR count). The first-order valence-corrected chi connectivity index (χ1v) is 6.20. The van der Waals surface area contributed by atoms with Crippen molar-refractivity contribution in [3.63, 3.8) is 0 Å². The number of aromatic nitrogens is 6.